The van der Waals surface area contributed by atoms with Crippen LogP contribution in [0.1, 0.15) is 5.56 Å². The second kappa shape index (κ2) is 9.98. The molecule has 5 aromatic rings. The lowest BCUT2D eigenvalue weighted by Gasteiger charge is -2.17. The van der Waals surface area contributed by atoms with Gasteiger partial charge < -0.3 is 10.7 Å². The molecule has 0 radical (unpaired) electrons. The van der Waals surface area contributed by atoms with Crippen molar-refractivity contribution >= 4 is 29.3 Å². The fourth-order valence-corrected chi connectivity index (χ4v) is 4.07. The number of benzene rings is 4. The van der Waals surface area contributed by atoms with Gasteiger partial charge in [0.1, 0.15) is 23.0 Å². The summed E-state index contributed by atoms with van der Waals surface area (Å²) < 4.78 is 16.7. The van der Waals surface area contributed by atoms with E-state index in [4.69, 9.17) is 22.0 Å². The van der Waals surface area contributed by atoms with E-state index in [0.717, 1.165) is 11.8 Å². The van der Waals surface area contributed by atoms with E-state index in [2.05, 4.69) is 5.32 Å². The molecule has 0 atom stereocenters. The third-order valence-electron chi connectivity index (χ3n) is 5.70. The van der Waals surface area contributed by atoms with Crippen LogP contribution in [-0.4, -0.2) is 15.8 Å². The zero-order valence-corrected chi connectivity index (χ0v) is 19.7. The minimum absolute atomic E-state index is 0.0685. The number of anilines is 2. The van der Waals surface area contributed by atoms with Crippen LogP contribution >= 0.6 is 11.6 Å². The van der Waals surface area contributed by atoms with Crippen LogP contribution in [0.15, 0.2) is 108 Å². The van der Waals surface area contributed by atoms with Crippen molar-refractivity contribution in [1.82, 2.24) is 9.55 Å². The third kappa shape index (κ3) is 4.54. The molecule has 0 saturated heterocycles. The largest absolute Gasteiger partial charge is 0.339 e. The van der Waals surface area contributed by atoms with Crippen molar-refractivity contribution in [2.75, 3.05) is 5.32 Å². The maximum Gasteiger partial charge on any atom is 0.269 e. The third-order valence-corrected chi connectivity index (χ3v) is 5.95. The monoisotopic (exact) mass is 494 g/mol. The van der Waals surface area contributed by atoms with E-state index in [0.29, 0.717) is 27.5 Å². The van der Waals surface area contributed by atoms with E-state index in [1.54, 1.807) is 36.4 Å². The zero-order valence-electron chi connectivity index (χ0n) is 19.0. The number of rotatable bonds is 6. The Bertz CT molecular complexity index is 1600. The molecule has 0 bridgehead atoms. The van der Waals surface area contributed by atoms with Crippen molar-refractivity contribution in [1.29, 1.82) is 5.41 Å². The van der Waals surface area contributed by atoms with Gasteiger partial charge in [0, 0.05) is 28.1 Å². The first-order valence-electron chi connectivity index (χ1n) is 11.2. The van der Waals surface area contributed by atoms with E-state index in [9.17, 15) is 4.79 Å². The number of hydrogen-bond acceptors (Lipinski definition) is 4. The summed E-state index contributed by atoms with van der Waals surface area (Å²) in [5.74, 6) is -0.0110. The van der Waals surface area contributed by atoms with E-state index in [-0.39, 0.29) is 17.2 Å². The molecule has 4 aromatic carbocycles. The van der Waals surface area contributed by atoms with Gasteiger partial charge in [0.2, 0.25) is 0 Å². The average Bonchev–Trinajstić information content (AvgIpc) is 2.90. The van der Waals surface area contributed by atoms with Crippen LogP contribution < -0.4 is 10.9 Å². The highest BCUT2D eigenvalue weighted by molar-refractivity contribution is 6.30. The highest BCUT2D eigenvalue weighted by Gasteiger charge is 2.19. The highest BCUT2D eigenvalue weighted by Crippen LogP contribution is 2.29. The van der Waals surface area contributed by atoms with Crippen LogP contribution in [0.5, 0.6) is 0 Å². The van der Waals surface area contributed by atoms with Gasteiger partial charge in [-0.15, -0.1) is 0 Å². The number of para-hydroxylation sites is 1. The first-order valence-corrected chi connectivity index (χ1v) is 11.5. The van der Waals surface area contributed by atoms with Crippen LogP contribution in [0.25, 0.3) is 28.2 Å². The lowest BCUT2D eigenvalue weighted by molar-refractivity contribution is 0.631. The predicted octanol–water partition coefficient (Wildman–Crippen LogP) is 7.10. The van der Waals surface area contributed by atoms with Crippen LogP contribution in [0.3, 0.4) is 0 Å². The second-order valence-corrected chi connectivity index (χ2v) is 8.45. The lowest BCUT2D eigenvalue weighted by atomic mass is 10.0. The highest BCUT2D eigenvalue weighted by atomic mass is 35.5. The average molecular weight is 495 g/mol. The van der Waals surface area contributed by atoms with Crippen molar-refractivity contribution in [2.45, 2.75) is 0 Å². The summed E-state index contributed by atoms with van der Waals surface area (Å²) >= 11 is 6.07. The van der Waals surface area contributed by atoms with Crippen molar-refractivity contribution < 1.29 is 4.39 Å². The molecule has 5 rings (SSSR count). The van der Waals surface area contributed by atoms with Crippen LogP contribution in [0.4, 0.5) is 15.9 Å². The first kappa shape index (κ1) is 23.2. The van der Waals surface area contributed by atoms with Gasteiger partial charge in [-0.1, -0.05) is 72.3 Å². The standard InChI is InChI=1S/C29H20ClFN4O/c30-21-12-14-23(15-13-21)35-28(20-11-16-24(26(31)17-20)19-7-3-1-4-8-19)34-27(25(18-32)29(35)36)33-22-9-5-2-6-10-22/h1-18,32-33H. The summed E-state index contributed by atoms with van der Waals surface area (Å²) in [4.78, 5) is 18.4. The van der Waals surface area contributed by atoms with Gasteiger partial charge in [-0.05, 0) is 48.0 Å². The van der Waals surface area contributed by atoms with Gasteiger partial charge in [0.05, 0.1) is 5.69 Å². The summed E-state index contributed by atoms with van der Waals surface area (Å²) in [6, 6.07) is 29.9. The number of halogens is 2. The van der Waals surface area contributed by atoms with E-state index in [1.165, 1.54) is 10.6 Å². The molecular weight excluding hydrogens is 475 g/mol. The Morgan fingerprint density at radius 2 is 1.53 bits per heavy atom. The molecule has 2 N–H and O–H groups in total. The summed E-state index contributed by atoms with van der Waals surface area (Å²) in [5, 5.41) is 11.5. The molecule has 1 heterocycles. The molecule has 0 saturated carbocycles. The molecule has 0 aliphatic heterocycles. The Morgan fingerprint density at radius 1 is 0.861 bits per heavy atom. The summed E-state index contributed by atoms with van der Waals surface area (Å²) in [6.07, 6.45) is 0.968. The lowest BCUT2D eigenvalue weighted by Crippen LogP contribution is -2.26. The fourth-order valence-electron chi connectivity index (χ4n) is 3.95. The van der Waals surface area contributed by atoms with Crippen molar-refractivity contribution in [3.8, 4) is 28.2 Å². The first-order chi connectivity index (χ1) is 17.5. The van der Waals surface area contributed by atoms with Gasteiger partial charge in [-0.2, -0.15) is 0 Å². The Kier molecular flexibility index (Phi) is 6.43. The Labute approximate surface area is 212 Å². The second-order valence-electron chi connectivity index (χ2n) is 8.01. The van der Waals surface area contributed by atoms with Gasteiger partial charge in [0.25, 0.3) is 5.56 Å². The number of nitrogens with one attached hydrogen (secondary N) is 2. The molecule has 0 unspecified atom stereocenters. The van der Waals surface area contributed by atoms with Gasteiger partial charge in [0.15, 0.2) is 0 Å². The summed E-state index contributed by atoms with van der Waals surface area (Å²) in [5.41, 5.74) is 2.39. The number of hydrogen-bond donors (Lipinski definition) is 2. The predicted molar refractivity (Wildman–Crippen MR) is 143 cm³/mol. The molecule has 176 valence electrons. The number of aromatic nitrogens is 2. The smallest absolute Gasteiger partial charge is 0.269 e. The fraction of sp³-hybridized carbons (Fsp3) is 0. The molecule has 0 aliphatic rings. The molecule has 1 aromatic heterocycles. The van der Waals surface area contributed by atoms with Crippen molar-refractivity contribution in [2.24, 2.45) is 0 Å². The SMILES string of the molecule is N=Cc1c(Nc2ccccc2)nc(-c2ccc(-c3ccccc3)c(F)c2)n(-c2ccc(Cl)cc2)c1=O. The quantitative estimate of drug-likeness (QED) is 0.247. The van der Waals surface area contributed by atoms with Gasteiger partial charge >= 0.3 is 0 Å². The molecule has 0 aliphatic carbocycles. The topological polar surface area (TPSA) is 70.8 Å². The van der Waals surface area contributed by atoms with Crippen LogP contribution in [0, 0.1) is 11.2 Å². The maximum atomic E-state index is 15.3. The molecule has 0 amide bonds. The molecule has 36 heavy (non-hydrogen) atoms. The minimum atomic E-state index is -0.469. The van der Waals surface area contributed by atoms with Gasteiger partial charge in [-0.25, -0.2) is 9.37 Å². The van der Waals surface area contributed by atoms with E-state index in [1.807, 2.05) is 60.7 Å². The van der Waals surface area contributed by atoms with Crippen molar-refractivity contribution in [3.63, 3.8) is 0 Å². The minimum Gasteiger partial charge on any atom is -0.339 e. The van der Waals surface area contributed by atoms with E-state index >= 15 is 4.39 Å². The maximum absolute atomic E-state index is 15.3. The molecule has 0 spiro atoms. The summed E-state index contributed by atoms with van der Waals surface area (Å²) in [6.45, 7) is 0. The normalized spacial score (nSPS) is 10.7. The zero-order chi connectivity index (χ0) is 25.1. The van der Waals surface area contributed by atoms with Gasteiger partial charge in [-0.3, -0.25) is 9.36 Å². The Balaban J connectivity index is 1.73. The Hall–Kier alpha value is -4.55. The molecule has 5 nitrogen and oxygen atoms in total. The molecule has 0 fully saturated rings. The summed E-state index contributed by atoms with van der Waals surface area (Å²) in [7, 11) is 0. The molecule has 7 heteroatoms. The van der Waals surface area contributed by atoms with E-state index < -0.39 is 11.4 Å². The van der Waals surface area contributed by atoms with Crippen LogP contribution in [0.2, 0.25) is 5.02 Å². The van der Waals surface area contributed by atoms with Crippen molar-refractivity contribution in [3.05, 3.63) is 130 Å². The Morgan fingerprint density at radius 3 is 2.17 bits per heavy atom. The number of nitrogens with zero attached hydrogens (tertiary/aromatic N) is 2. The molecular formula is C29H20ClFN4O. The van der Waals surface area contributed by atoms with Crippen LogP contribution in [-0.2, 0) is 0 Å².